The van der Waals surface area contributed by atoms with E-state index in [1.807, 2.05) is 20.0 Å². The third-order valence-electron chi connectivity index (χ3n) is 2.67. The molecular weight excluding hydrogens is 220 g/mol. The summed E-state index contributed by atoms with van der Waals surface area (Å²) in [7, 11) is 1.83. The third kappa shape index (κ3) is 2.23. The number of anilines is 1. The molecule has 2 N–H and O–H groups in total. The van der Waals surface area contributed by atoms with Crippen LogP contribution in [0.5, 0.6) is 0 Å². The van der Waals surface area contributed by atoms with Crippen molar-refractivity contribution in [3.05, 3.63) is 23.8 Å². The molecule has 1 amide bonds. The molecular formula is C12H16N2OS. The number of fused-ring (bicyclic) bond motifs is 1. The summed E-state index contributed by atoms with van der Waals surface area (Å²) < 4.78 is 0. The van der Waals surface area contributed by atoms with Crippen LogP contribution in [0.25, 0.3) is 0 Å². The lowest BCUT2D eigenvalue weighted by Crippen LogP contribution is -2.31. The first-order valence-corrected chi connectivity index (χ1v) is 6.34. The van der Waals surface area contributed by atoms with Crippen LogP contribution in [0.15, 0.2) is 23.1 Å². The molecule has 4 heteroatoms. The van der Waals surface area contributed by atoms with Crippen LogP contribution in [0.2, 0.25) is 0 Å². The Kier molecular flexibility index (Phi) is 3.21. The molecule has 1 aromatic carbocycles. The van der Waals surface area contributed by atoms with Crippen molar-refractivity contribution in [3.63, 3.8) is 0 Å². The normalized spacial score (nSPS) is 17.2. The second-order valence-electron chi connectivity index (χ2n) is 4.22. The summed E-state index contributed by atoms with van der Waals surface area (Å²) in [6, 6.07) is 6.38. The fraction of sp³-hybridized carbons (Fsp3) is 0.417. The van der Waals surface area contributed by atoms with Gasteiger partial charge in [-0.2, -0.15) is 0 Å². The number of amides is 1. The molecule has 0 aromatic heterocycles. The Labute approximate surface area is 100.0 Å². The average Bonchev–Trinajstić information content (AvgIpc) is 2.23. The molecule has 1 unspecified atom stereocenters. The number of nitrogens with zero attached hydrogens (tertiary/aromatic N) is 1. The van der Waals surface area contributed by atoms with Gasteiger partial charge < -0.3 is 10.6 Å². The zero-order valence-electron chi connectivity index (χ0n) is 9.56. The largest absolute Gasteiger partial charge is 0.328 e. The maximum Gasteiger partial charge on any atom is 0.237 e. The van der Waals surface area contributed by atoms with Crippen molar-refractivity contribution in [3.8, 4) is 0 Å². The molecule has 0 aliphatic carbocycles. The van der Waals surface area contributed by atoms with Gasteiger partial charge >= 0.3 is 0 Å². The number of hydrogen-bond donors (Lipinski definition) is 1. The van der Waals surface area contributed by atoms with Gasteiger partial charge in [0.25, 0.3) is 0 Å². The first-order valence-electron chi connectivity index (χ1n) is 5.36. The number of nitrogens with two attached hydrogens (primary N) is 1. The highest BCUT2D eigenvalue weighted by Gasteiger charge is 2.21. The Balaban J connectivity index is 2.30. The second kappa shape index (κ2) is 4.47. The van der Waals surface area contributed by atoms with Crippen LogP contribution in [0.3, 0.4) is 0 Å². The molecule has 0 saturated carbocycles. The van der Waals surface area contributed by atoms with Crippen molar-refractivity contribution in [1.82, 2.24) is 0 Å². The van der Waals surface area contributed by atoms with Gasteiger partial charge in [-0.1, -0.05) is 6.07 Å². The number of rotatable bonds is 2. The Morgan fingerprint density at radius 1 is 1.56 bits per heavy atom. The monoisotopic (exact) mass is 236 g/mol. The summed E-state index contributed by atoms with van der Waals surface area (Å²) in [6.07, 6.45) is 0.880. The number of carbonyl (C=O) groups is 1. The van der Waals surface area contributed by atoms with E-state index >= 15 is 0 Å². The minimum absolute atomic E-state index is 0.164. The molecule has 1 aliphatic rings. The molecule has 0 bridgehead atoms. The van der Waals surface area contributed by atoms with Crippen LogP contribution in [0.1, 0.15) is 12.5 Å². The lowest BCUT2D eigenvalue weighted by atomic mass is 10.1. The van der Waals surface area contributed by atoms with Crippen LogP contribution < -0.4 is 10.6 Å². The first kappa shape index (κ1) is 11.5. The van der Waals surface area contributed by atoms with Crippen molar-refractivity contribution < 1.29 is 4.79 Å². The molecule has 0 saturated heterocycles. The van der Waals surface area contributed by atoms with E-state index in [9.17, 15) is 4.79 Å². The maximum atomic E-state index is 11.5. The highest BCUT2D eigenvalue weighted by molar-refractivity contribution is 8.00. The minimum atomic E-state index is 0.164. The smallest absolute Gasteiger partial charge is 0.237 e. The van der Waals surface area contributed by atoms with Gasteiger partial charge in [-0.25, -0.2) is 0 Å². The number of hydrogen-bond acceptors (Lipinski definition) is 3. The average molecular weight is 236 g/mol. The topological polar surface area (TPSA) is 46.3 Å². The quantitative estimate of drug-likeness (QED) is 0.849. The predicted octanol–water partition coefficient (Wildman–Crippen LogP) is 1.64. The molecule has 1 aliphatic heterocycles. The molecule has 16 heavy (non-hydrogen) atoms. The molecule has 0 spiro atoms. The van der Waals surface area contributed by atoms with E-state index in [2.05, 4.69) is 12.1 Å². The summed E-state index contributed by atoms with van der Waals surface area (Å²) in [5.41, 5.74) is 8.03. The van der Waals surface area contributed by atoms with E-state index in [0.29, 0.717) is 5.75 Å². The van der Waals surface area contributed by atoms with Gasteiger partial charge in [-0.15, -0.1) is 11.8 Å². The standard InChI is InChI=1S/C12H16N2OS/c1-8(13)5-9-3-4-10-11(6-9)16-7-12(15)14(10)2/h3-4,6,8H,5,7,13H2,1-2H3. The molecule has 1 atom stereocenters. The summed E-state index contributed by atoms with van der Waals surface area (Å²) in [5.74, 6) is 0.697. The Hall–Kier alpha value is -1.00. The van der Waals surface area contributed by atoms with Gasteiger partial charge in [0, 0.05) is 18.0 Å². The lowest BCUT2D eigenvalue weighted by molar-refractivity contribution is -0.116. The summed E-state index contributed by atoms with van der Waals surface area (Å²) >= 11 is 1.61. The molecule has 1 aromatic rings. The molecule has 0 fully saturated rings. The van der Waals surface area contributed by atoms with E-state index in [1.54, 1.807) is 16.7 Å². The van der Waals surface area contributed by atoms with Crippen LogP contribution in [0.4, 0.5) is 5.69 Å². The van der Waals surface area contributed by atoms with E-state index in [-0.39, 0.29) is 11.9 Å². The van der Waals surface area contributed by atoms with Crippen molar-refractivity contribution in [2.45, 2.75) is 24.3 Å². The van der Waals surface area contributed by atoms with Gasteiger partial charge in [0.1, 0.15) is 0 Å². The highest BCUT2D eigenvalue weighted by Crippen LogP contribution is 2.35. The molecule has 86 valence electrons. The molecule has 2 rings (SSSR count). The van der Waals surface area contributed by atoms with Gasteiger partial charge in [0.2, 0.25) is 5.91 Å². The SMILES string of the molecule is CC(N)Cc1ccc2c(c1)SCC(=O)N2C. The van der Waals surface area contributed by atoms with Crippen LogP contribution in [-0.4, -0.2) is 24.7 Å². The molecule has 1 heterocycles. The van der Waals surface area contributed by atoms with Crippen LogP contribution in [-0.2, 0) is 11.2 Å². The fourth-order valence-corrected chi connectivity index (χ4v) is 2.88. The lowest BCUT2D eigenvalue weighted by Gasteiger charge is -2.25. The van der Waals surface area contributed by atoms with Crippen molar-refractivity contribution in [2.24, 2.45) is 5.73 Å². The number of carbonyl (C=O) groups excluding carboxylic acids is 1. The highest BCUT2D eigenvalue weighted by atomic mass is 32.2. The summed E-state index contributed by atoms with van der Waals surface area (Å²) in [4.78, 5) is 14.4. The van der Waals surface area contributed by atoms with E-state index in [0.717, 1.165) is 12.1 Å². The number of benzene rings is 1. The van der Waals surface area contributed by atoms with Crippen LogP contribution in [0, 0.1) is 0 Å². The molecule has 0 radical (unpaired) electrons. The van der Waals surface area contributed by atoms with Gasteiger partial charge in [-0.05, 0) is 31.0 Å². The van der Waals surface area contributed by atoms with Gasteiger partial charge in [0.05, 0.1) is 11.4 Å². The Morgan fingerprint density at radius 2 is 2.31 bits per heavy atom. The summed E-state index contributed by atoms with van der Waals surface area (Å²) in [6.45, 7) is 2.00. The minimum Gasteiger partial charge on any atom is -0.328 e. The van der Waals surface area contributed by atoms with E-state index in [1.165, 1.54) is 10.5 Å². The van der Waals surface area contributed by atoms with Gasteiger partial charge in [-0.3, -0.25) is 4.79 Å². The van der Waals surface area contributed by atoms with Crippen LogP contribution >= 0.6 is 11.8 Å². The van der Waals surface area contributed by atoms with Crippen molar-refractivity contribution >= 4 is 23.4 Å². The van der Waals surface area contributed by atoms with Crippen molar-refractivity contribution in [1.29, 1.82) is 0 Å². The number of thioether (sulfide) groups is 1. The fourth-order valence-electron chi connectivity index (χ4n) is 1.82. The Morgan fingerprint density at radius 3 is 3.00 bits per heavy atom. The van der Waals surface area contributed by atoms with Gasteiger partial charge in [0.15, 0.2) is 0 Å². The van der Waals surface area contributed by atoms with Crippen molar-refractivity contribution in [2.75, 3.05) is 17.7 Å². The summed E-state index contributed by atoms with van der Waals surface area (Å²) in [5, 5.41) is 0. The molecule has 3 nitrogen and oxygen atoms in total. The third-order valence-corrected chi connectivity index (χ3v) is 3.70. The zero-order chi connectivity index (χ0) is 11.7. The predicted molar refractivity (Wildman–Crippen MR) is 67.9 cm³/mol. The zero-order valence-corrected chi connectivity index (χ0v) is 10.4. The van der Waals surface area contributed by atoms with E-state index in [4.69, 9.17) is 5.73 Å². The first-order chi connectivity index (χ1) is 7.58. The van der Waals surface area contributed by atoms with E-state index < -0.39 is 0 Å². The maximum absolute atomic E-state index is 11.5. The Bertz CT molecular complexity index is 417. The second-order valence-corrected chi connectivity index (χ2v) is 5.24.